The first-order valence-electron chi connectivity index (χ1n) is 10.7. The van der Waals surface area contributed by atoms with Gasteiger partial charge in [-0.05, 0) is 34.8 Å². The highest BCUT2D eigenvalue weighted by Crippen LogP contribution is 2.76. The Kier molecular flexibility index (Phi) is 5.78. The number of benzene rings is 1. The molecule has 3 aliphatic rings. The zero-order valence-corrected chi connectivity index (χ0v) is 20.0. The van der Waals surface area contributed by atoms with Gasteiger partial charge in [-0.25, -0.2) is 0 Å². The molecule has 29 heavy (non-hydrogen) atoms. The van der Waals surface area contributed by atoms with Gasteiger partial charge in [0.05, 0.1) is 0 Å². The number of hydrogen-bond acceptors (Lipinski definition) is 5. The van der Waals surface area contributed by atoms with E-state index in [1.165, 1.54) is 5.56 Å². The van der Waals surface area contributed by atoms with Crippen molar-refractivity contribution in [2.45, 2.75) is 104 Å². The molecule has 0 spiro atoms. The van der Waals surface area contributed by atoms with Crippen molar-refractivity contribution in [3.8, 4) is 0 Å². The second-order valence-corrected chi connectivity index (χ2v) is 11.5. The topological polar surface area (TPSA) is 68.2 Å². The van der Waals surface area contributed by atoms with Gasteiger partial charge in [0.1, 0.15) is 5.41 Å². The van der Waals surface area contributed by atoms with Gasteiger partial charge in [-0.1, -0.05) is 86.4 Å². The third kappa shape index (κ3) is 3.48. The molecule has 0 saturated carbocycles. The molecule has 0 radical (unpaired) electrons. The summed E-state index contributed by atoms with van der Waals surface area (Å²) >= 11 is 0. The van der Waals surface area contributed by atoms with Crippen molar-refractivity contribution < 1.29 is 23.8 Å². The SMILES string of the molecule is CCCCC1(CC)C2(O)OP(O2)OC1(O)c1ccc(C(C)(C)C)cc1C(C)(C)C. The van der Waals surface area contributed by atoms with Crippen molar-refractivity contribution in [1.29, 1.82) is 0 Å². The van der Waals surface area contributed by atoms with Crippen molar-refractivity contribution >= 4 is 8.60 Å². The standard InChI is InChI=1S/C23H37O5P/c1-9-11-14-21(10-2)22(24,26-29-27-23(21,25)28-29)17-13-12-16(19(3,4)5)15-18(17)20(6,7)8/h12-13,15,24-25H,9-11,14H2,1-8H3. The van der Waals surface area contributed by atoms with E-state index in [4.69, 9.17) is 13.6 Å². The molecule has 2 bridgehead atoms. The van der Waals surface area contributed by atoms with Gasteiger partial charge in [-0.3, -0.25) is 13.6 Å². The van der Waals surface area contributed by atoms with Crippen LogP contribution in [0.25, 0.3) is 0 Å². The van der Waals surface area contributed by atoms with E-state index >= 15 is 0 Å². The van der Waals surface area contributed by atoms with E-state index in [-0.39, 0.29) is 10.8 Å². The van der Waals surface area contributed by atoms with Crippen LogP contribution in [0.15, 0.2) is 18.2 Å². The van der Waals surface area contributed by atoms with E-state index in [2.05, 4.69) is 60.6 Å². The highest BCUT2D eigenvalue weighted by atomic mass is 31.2. The minimum Gasteiger partial charge on any atom is -0.361 e. The molecule has 3 aliphatic heterocycles. The average molecular weight is 425 g/mol. The van der Waals surface area contributed by atoms with Crippen molar-refractivity contribution in [2.24, 2.45) is 5.41 Å². The van der Waals surface area contributed by atoms with Gasteiger partial charge in [-0.15, -0.1) is 0 Å². The number of fused-ring (bicyclic) bond motifs is 2. The maximum Gasteiger partial charge on any atom is 0.344 e. The van der Waals surface area contributed by atoms with E-state index in [0.29, 0.717) is 18.4 Å². The first kappa shape index (κ1) is 23.1. The molecule has 2 unspecified atom stereocenters. The molecule has 3 fully saturated rings. The minimum atomic E-state index is -1.83. The molecule has 3 saturated heterocycles. The van der Waals surface area contributed by atoms with Crippen molar-refractivity contribution in [1.82, 2.24) is 0 Å². The second-order valence-electron chi connectivity index (χ2n) is 10.5. The van der Waals surface area contributed by atoms with Gasteiger partial charge in [0.25, 0.3) is 0 Å². The molecule has 5 nitrogen and oxygen atoms in total. The van der Waals surface area contributed by atoms with Gasteiger partial charge < -0.3 is 10.2 Å². The lowest BCUT2D eigenvalue weighted by Gasteiger charge is -2.63. The fourth-order valence-electron chi connectivity index (χ4n) is 4.51. The van der Waals surface area contributed by atoms with Crippen LogP contribution in [-0.2, 0) is 30.2 Å². The summed E-state index contributed by atoms with van der Waals surface area (Å²) in [5, 5.41) is 23.3. The van der Waals surface area contributed by atoms with Crippen LogP contribution < -0.4 is 0 Å². The normalized spacial score (nSPS) is 34.8. The Morgan fingerprint density at radius 3 is 2.03 bits per heavy atom. The Morgan fingerprint density at radius 2 is 1.55 bits per heavy atom. The Bertz CT molecular complexity index is 760. The van der Waals surface area contributed by atoms with Gasteiger partial charge in [0, 0.05) is 5.56 Å². The van der Waals surface area contributed by atoms with Gasteiger partial charge in [-0.2, -0.15) is 0 Å². The van der Waals surface area contributed by atoms with E-state index in [1.54, 1.807) is 0 Å². The second kappa shape index (κ2) is 7.25. The summed E-state index contributed by atoms with van der Waals surface area (Å²) in [6.45, 7) is 17.0. The Morgan fingerprint density at radius 1 is 0.931 bits per heavy atom. The molecule has 0 aromatic heterocycles. The van der Waals surface area contributed by atoms with Crippen LogP contribution >= 0.6 is 8.60 Å². The zero-order valence-electron chi connectivity index (χ0n) is 19.1. The monoisotopic (exact) mass is 424 g/mol. The maximum absolute atomic E-state index is 12.2. The lowest BCUT2D eigenvalue weighted by atomic mass is 9.65. The zero-order chi connectivity index (χ0) is 21.9. The Labute approximate surface area is 176 Å². The van der Waals surface area contributed by atoms with Crippen LogP contribution in [0.1, 0.15) is 97.8 Å². The van der Waals surface area contributed by atoms with Crippen molar-refractivity contribution in [3.63, 3.8) is 0 Å². The summed E-state index contributed by atoms with van der Waals surface area (Å²) in [6, 6.07) is 6.21. The fourth-order valence-corrected chi connectivity index (χ4v) is 5.84. The van der Waals surface area contributed by atoms with Gasteiger partial charge >= 0.3 is 14.6 Å². The highest BCUT2D eigenvalue weighted by molar-refractivity contribution is 7.43. The first-order chi connectivity index (χ1) is 13.2. The summed E-state index contributed by atoms with van der Waals surface area (Å²) in [7, 11) is -1.77. The Balaban J connectivity index is 2.24. The molecule has 0 amide bonds. The smallest absolute Gasteiger partial charge is 0.344 e. The van der Waals surface area contributed by atoms with E-state index in [0.717, 1.165) is 18.4 Å². The molecule has 6 heteroatoms. The summed E-state index contributed by atoms with van der Waals surface area (Å²) in [5.74, 6) is -3.51. The fraction of sp³-hybridized carbons (Fsp3) is 0.739. The molecule has 1 aromatic carbocycles. The predicted molar refractivity (Wildman–Crippen MR) is 115 cm³/mol. The number of hydrogen-bond donors (Lipinski definition) is 2. The summed E-state index contributed by atoms with van der Waals surface area (Å²) in [6.07, 6.45) is 2.73. The quantitative estimate of drug-likeness (QED) is 0.571. The minimum absolute atomic E-state index is 0.0186. The average Bonchev–Trinajstić information content (AvgIpc) is 2.58. The third-order valence-electron chi connectivity index (χ3n) is 6.48. The van der Waals surface area contributed by atoms with E-state index < -0.39 is 25.8 Å². The van der Waals surface area contributed by atoms with Gasteiger partial charge in [0.15, 0.2) is 0 Å². The van der Waals surface area contributed by atoms with Crippen molar-refractivity contribution in [2.75, 3.05) is 0 Å². The summed E-state index contributed by atoms with van der Waals surface area (Å²) in [5.41, 5.74) is 1.56. The van der Waals surface area contributed by atoms with Crippen molar-refractivity contribution in [3.05, 3.63) is 34.9 Å². The van der Waals surface area contributed by atoms with E-state index in [9.17, 15) is 10.2 Å². The van der Waals surface area contributed by atoms with Crippen LogP contribution in [0.3, 0.4) is 0 Å². The molecule has 164 valence electrons. The molecular weight excluding hydrogens is 387 g/mol. The largest absolute Gasteiger partial charge is 0.361 e. The van der Waals surface area contributed by atoms with Crippen LogP contribution in [0.5, 0.6) is 0 Å². The van der Waals surface area contributed by atoms with Gasteiger partial charge in [0.2, 0.25) is 5.79 Å². The lowest BCUT2D eigenvalue weighted by molar-refractivity contribution is -0.487. The summed E-state index contributed by atoms with van der Waals surface area (Å²) in [4.78, 5) is 0. The molecule has 2 atom stereocenters. The molecule has 2 N–H and O–H groups in total. The number of aliphatic hydroxyl groups is 2. The maximum atomic E-state index is 12.2. The molecule has 4 rings (SSSR count). The third-order valence-corrected chi connectivity index (χ3v) is 7.68. The summed E-state index contributed by atoms with van der Waals surface area (Å²) < 4.78 is 17.3. The van der Waals surface area contributed by atoms with E-state index in [1.807, 2.05) is 13.0 Å². The lowest BCUT2D eigenvalue weighted by Crippen LogP contribution is -2.70. The molecule has 3 heterocycles. The van der Waals surface area contributed by atoms with Crippen LogP contribution in [0, 0.1) is 5.41 Å². The molecule has 1 aromatic rings. The number of rotatable bonds is 5. The Hall–Kier alpha value is -0.550. The predicted octanol–water partition coefficient (Wildman–Crippen LogP) is 5.96. The molecule has 0 aliphatic carbocycles. The first-order valence-corrected chi connectivity index (χ1v) is 11.8. The van der Waals surface area contributed by atoms with Crippen LogP contribution in [0.2, 0.25) is 0 Å². The number of unbranched alkanes of at least 4 members (excludes halogenated alkanes) is 1. The van der Waals surface area contributed by atoms with Crippen LogP contribution in [-0.4, -0.2) is 16.2 Å². The molecular formula is C23H37O5P. The van der Waals surface area contributed by atoms with Crippen LogP contribution in [0.4, 0.5) is 0 Å². The highest BCUT2D eigenvalue weighted by Gasteiger charge is 2.77.